The molecule has 2 aliphatic rings. The molecule has 0 N–H and O–H groups in total. The van der Waals surface area contributed by atoms with Gasteiger partial charge >= 0.3 is 0 Å². The van der Waals surface area contributed by atoms with Crippen molar-refractivity contribution in [3.8, 4) is 0 Å². The predicted molar refractivity (Wildman–Crippen MR) is 107 cm³/mol. The normalized spacial score (nSPS) is 30.1. The molecular formula is C23H35N4+. The molecule has 0 radical (unpaired) electrons. The standard InChI is InChI=1S/C23H35N4/c1-18-6-12-22(13-7-18)26-16-25-27(17-26)15-19(2)20-8-10-21(11-9-20)23-5-3-4-14-24-23/h3-5,14,16-22H,6-13,15H2,1-2H3/q+1. The monoisotopic (exact) mass is 367 g/mol. The van der Waals surface area contributed by atoms with Crippen molar-refractivity contribution >= 4 is 0 Å². The van der Waals surface area contributed by atoms with Crippen LogP contribution in [0.4, 0.5) is 0 Å². The highest BCUT2D eigenvalue weighted by Crippen LogP contribution is 2.38. The second-order valence-electron chi connectivity index (χ2n) is 9.17. The van der Waals surface area contributed by atoms with Gasteiger partial charge in [0.1, 0.15) is 6.54 Å². The molecule has 0 aliphatic heterocycles. The first-order chi connectivity index (χ1) is 13.2. The lowest BCUT2D eigenvalue weighted by Gasteiger charge is -2.31. The largest absolute Gasteiger partial charge is 0.265 e. The van der Waals surface area contributed by atoms with Crippen LogP contribution in [-0.2, 0) is 6.54 Å². The van der Waals surface area contributed by atoms with E-state index in [2.05, 4.69) is 58.0 Å². The SMILES string of the molecule is CC1CCC([n+]2cnn(CC(C)C3CCC(c4ccccn4)CC3)c2)CC1. The zero-order valence-electron chi connectivity index (χ0n) is 17.0. The van der Waals surface area contributed by atoms with E-state index >= 15 is 0 Å². The Morgan fingerprint density at radius 2 is 1.85 bits per heavy atom. The molecule has 0 aromatic carbocycles. The van der Waals surface area contributed by atoms with Crippen LogP contribution in [0.2, 0.25) is 0 Å². The Balaban J connectivity index is 1.28. The third-order valence-corrected chi connectivity index (χ3v) is 7.16. The van der Waals surface area contributed by atoms with Gasteiger partial charge in [0.2, 0.25) is 6.33 Å². The minimum atomic E-state index is 0.662. The van der Waals surface area contributed by atoms with Crippen LogP contribution in [0.15, 0.2) is 37.1 Å². The molecule has 2 aromatic heterocycles. The summed E-state index contributed by atoms with van der Waals surface area (Å²) in [7, 11) is 0. The Morgan fingerprint density at radius 1 is 1.07 bits per heavy atom. The molecule has 2 aliphatic carbocycles. The Labute approximate surface area is 164 Å². The fourth-order valence-corrected chi connectivity index (χ4v) is 5.21. The molecule has 2 heterocycles. The Kier molecular flexibility index (Phi) is 5.89. The van der Waals surface area contributed by atoms with Crippen LogP contribution in [0.5, 0.6) is 0 Å². The molecule has 4 heteroatoms. The summed E-state index contributed by atoms with van der Waals surface area (Å²) in [6.07, 6.45) is 16.8. The molecule has 146 valence electrons. The summed E-state index contributed by atoms with van der Waals surface area (Å²) in [4.78, 5) is 4.57. The number of hydrogen-bond acceptors (Lipinski definition) is 2. The average molecular weight is 368 g/mol. The molecule has 1 atom stereocenters. The van der Waals surface area contributed by atoms with Crippen LogP contribution in [0.1, 0.15) is 82.9 Å². The number of pyridine rings is 1. The van der Waals surface area contributed by atoms with Gasteiger partial charge in [0.15, 0.2) is 0 Å². The smallest absolute Gasteiger partial charge is 0.261 e. The van der Waals surface area contributed by atoms with Crippen molar-refractivity contribution in [2.45, 2.75) is 83.7 Å². The molecule has 1 unspecified atom stereocenters. The fourth-order valence-electron chi connectivity index (χ4n) is 5.21. The van der Waals surface area contributed by atoms with Crippen molar-refractivity contribution in [2.75, 3.05) is 0 Å². The van der Waals surface area contributed by atoms with E-state index in [0.717, 1.165) is 18.4 Å². The lowest BCUT2D eigenvalue weighted by Crippen LogP contribution is -2.39. The van der Waals surface area contributed by atoms with Crippen LogP contribution in [-0.4, -0.2) is 14.8 Å². The number of aromatic nitrogens is 4. The van der Waals surface area contributed by atoms with Gasteiger partial charge < -0.3 is 0 Å². The molecule has 2 fully saturated rings. The van der Waals surface area contributed by atoms with Crippen molar-refractivity contribution in [3.05, 3.63) is 42.7 Å². The highest BCUT2D eigenvalue weighted by atomic mass is 15.4. The Morgan fingerprint density at radius 3 is 2.56 bits per heavy atom. The summed E-state index contributed by atoms with van der Waals surface area (Å²) in [6, 6.07) is 7.00. The first-order valence-corrected chi connectivity index (χ1v) is 11.0. The van der Waals surface area contributed by atoms with Crippen molar-refractivity contribution in [2.24, 2.45) is 17.8 Å². The summed E-state index contributed by atoms with van der Waals surface area (Å²) in [6.45, 7) is 5.85. The summed E-state index contributed by atoms with van der Waals surface area (Å²) in [5.41, 5.74) is 1.29. The molecule has 0 bridgehead atoms. The van der Waals surface area contributed by atoms with Crippen molar-refractivity contribution in [1.82, 2.24) is 14.8 Å². The third kappa shape index (κ3) is 4.59. The van der Waals surface area contributed by atoms with Crippen LogP contribution in [0.25, 0.3) is 0 Å². The molecule has 2 saturated carbocycles. The van der Waals surface area contributed by atoms with Gasteiger partial charge in [-0.25, -0.2) is 4.57 Å². The maximum absolute atomic E-state index is 4.68. The highest BCUT2D eigenvalue weighted by molar-refractivity contribution is 5.10. The van der Waals surface area contributed by atoms with Crippen LogP contribution < -0.4 is 4.57 Å². The van der Waals surface area contributed by atoms with E-state index < -0.39 is 0 Å². The van der Waals surface area contributed by atoms with E-state index in [1.54, 1.807) is 0 Å². The zero-order chi connectivity index (χ0) is 18.6. The summed E-state index contributed by atoms with van der Waals surface area (Å²) < 4.78 is 4.56. The Hall–Kier alpha value is -1.71. The van der Waals surface area contributed by atoms with Crippen LogP contribution >= 0.6 is 0 Å². The maximum Gasteiger partial charge on any atom is 0.265 e. The second-order valence-corrected chi connectivity index (χ2v) is 9.17. The lowest BCUT2D eigenvalue weighted by atomic mass is 9.75. The van der Waals surface area contributed by atoms with Gasteiger partial charge in [-0.1, -0.05) is 19.9 Å². The lowest BCUT2D eigenvalue weighted by molar-refractivity contribution is -0.726. The predicted octanol–water partition coefficient (Wildman–Crippen LogP) is 4.93. The van der Waals surface area contributed by atoms with Crippen LogP contribution in [0.3, 0.4) is 0 Å². The van der Waals surface area contributed by atoms with Gasteiger partial charge in [0.25, 0.3) is 6.33 Å². The molecule has 4 nitrogen and oxygen atoms in total. The van der Waals surface area contributed by atoms with Crippen molar-refractivity contribution < 1.29 is 4.57 Å². The number of rotatable bonds is 5. The summed E-state index contributed by atoms with van der Waals surface area (Å²) in [5, 5.41) is 4.68. The summed E-state index contributed by atoms with van der Waals surface area (Å²) in [5.74, 6) is 3.07. The Bertz CT molecular complexity index is 694. The van der Waals surface area contributed by atoms with Gasteiger partial charge in [-0.2, -0.15) is 0 Å². The zero-order valence-corrected chi connectivity index (χ0v) is 17.0. The molecule has 0 amide bonds. The van der Waals surface area contributed by atoms with Crippen LogP contribution in [0, 0.1) is 17.8 Å². The average Bonchev–Trinajstić information content (AvgIpc) is 3.18. The van der Waals surface area contributed by atoms with E-state index in [4.69, 9.17) is 0 Å². The topological polar surface area (TPSA) is 34.6 Å². The van der Waals surface area contributed by atoms with Gasteiger partial charge in [-0.05, 0) is 81.3 Å². The minimum Gasteiger partial charge on any atom is -0.261 e. The molecular weight excluding hydrogens is 332 g/mol. The molecule has 0 spiro atoms. The molecule has 4 rings (SSSR count). The minimum absolute atomic E-state index is 0.662. The second kappa shape index (κ2) is 8.53. The first-order valence-electron chi connectivity index (χ1n) is 11.0. The molecule has 27 heavy (non-hydrogen) atoms. The van der Waals surface area contributed by atoms with Crippen molar-refractivity contribution in [1.29, 1.82) is 0 Å². The number of nitrogens with zero attached hydrogens (tertiary/aromatic N) is 4. The first kappa shape index (κ1) is 18.6. The maximum atomic E-state index is 4.68. The third-order valence-electron chi connectivity index (χ3n) is 7.16. The van der Waals surface area contributed by atoms with E-state index in [0.29, 0.717) is 17.9 Å². The van der Waals surface area contributed by atoms with Gasteiger partial charge in [-0.15, -0.1) is 4.68 Å². The van der Waals surface area contributed by atoms with Gasteiger partial charge in [0, 0.05) is 22.9 Å². The van der Waals surface area contributed by atoms with E-state index in [-0.39, 0.29) is 0 Å². The quantitative estimate of drug-likeness (QED) is 0.703. The molecule has 2 aromatic rings. The van der Waals surface area contributed by atoms with E-state index in [1.165, 1.54) is 57.1 Å². The van der Waals surface area contributed by atoms with Gasteiger partial charge in [-0.3, -0.25) is 4.98 Å². The highest BCUT2D eigenvalue weighted by Gasteiger charge is 2.29. The number of hydrogen-bond donors (Lipinski definition) is 0. The van der Waals surface area contributed by atoms with Gasteiger partial charge in [0.05, 0.1) is 6.04 Å². The summed E-state index contributed by atoms with van der Waals surface area (Å²) >= 11 is 0. The van der Waals surface area contributed by atoms with Crippen molar-refractivity contribution in [3.63, 3.8) is 0 Å². The van der Waals surface area contributed by atoms with E-state index in [9.17, 15) is 0 Å². The fraction of sp³-hybridized carbons (Fsp3) is 0.696. The molecule has 0 saturated heterocycles. The van der Waals surface area contributed by atoms with E-state index in [1.807, 2.05) is 12.3 Å².